The average molecular weight is 387 g/mol. The first-order valence-electron chi connectivity index (χ1n) is 7.36. The highest BCUT2D eigenvalue weighted by Gasteiger charge is 2.19. The van der Waals surface area contributed by atoms with E-state index in [1.54, 1.807) is 6.07 Å². The van der Waals surface area contributed by atoms with Crippen molar-refractivity contribution in [3.63, 3.8) is 0 Å². The number of nitriles is 1. The summed E-state index contributed by atoms with van der Waals surface area (Å²) in [6.45, 7) is 0. The van der Waals surface area contributed by atoms with Gasteiger partial charge in [-0.05, 0) is 18.2 Å². The second kappa shape index (κ2) is 6.89. The Hall–Kier alpha value is -3.71. The SMILES string of the molecule is CN(C(=O)Nc1cccc(F)c1C#N)c1cc2oc(=O)c(C(=O)O)cc2s1. The molecule has 0 fully saturated rings. The molecule has 0 spiro atoms. The van der Waals surface area contributed by atoms with E-state index in [-0.39, 0.29) is 16.8 Å². The van der Waals surface area contributed by atoms with Gasteiger partial charge in [0.05, 0.1) is 10.4 Å². The fourth-order valence-corrected chi connectivity index (χ4v) is 3.25. The number of carbonyl (C=O) groups excluding carboxylic acids is 1. The molecule has 2 N–H and O–H groups in total. The molecular weight excluding hydrogens is 377 g/mol. The molecule has 0 saturated carbocycles. The van der Waals surface area contributed by atoms with Gasteiger partial charge in [0.25, 0.3) is 0 Å². The third kappa shape index (κ3) is 3.36. The molecule has 3 aromatic rings. The summed E-state index contributed by atoms with van der Waals surface area (Å²) >= 11 is 1.03. The molecule has 8 nitrogen and oxygen atoms in total. The number of hydrogen-bond acceptors (Lipinski definition) is 6. The maximum Gasteiger partial charge on any atom is 0.351 e. The van der Waals surface area contributed by atoms with Crippen molar-refractivity contribution < 1.29 is 23.5 Å². The lowest BCUT2D eigenvalue weighted by Crippen LogP contribution is -2.30. The number of rotatable bonds is 3. The fraction of sp³-hybridized carbons (Fsp3) is 0.0588. The molecule has 2 amide bonds. The number of anilines is 2. The van der Waals surface area contributed by atoms with Crippen LogP contribution in [0.15, 0.2) is 39.5 Å². The van der Waals surface area contributed by atoms with Gasteiger partial charge in [0, 0.05) is 13.1 Å². The Morgan fingerprint density at radius 1 is 1.37 bits per heavy atom. The number of benzene rings is 1. The molecular formula is C17H10FN3O5S. The minimum Gasteiger partial charge on any atom is -0.477 e. The summed E-state index contributed by atoms with van der Waals surface area (Å²) in [7, 11) is 1.42. The molecule has 0 aliphatic heterocycles. The highest BCUT2D eigenvalue weighted by molar-refractivity contribution is 7.22. The topological polar surface area (TPSA) is 124 Å². The van der Waals surface area contributed by atoms with E-state index in [1.807, 2.05) is 0 Å². The lowest BCUT2D eigenvalue weighted by Gasteiger charge is -2.16. The van der Waals surface area contributed by atoms with E-state index in [2.05, 4.69) is 5.32 Å². The number of fused-ring (bicyclic) bond motifs is 1. The zero-order valence-electron chi connectivity index (χ0n) is 13.6. The van der Waals surface area contributed by atoms with Crippen molar-refractivity contribution in [3.05, 3.63) is 57.7 Å². The van der Waals surface area contributed by atoms with Gasteiger partial charge < -0.3 is 14.8 Å². The van der Waals surface area contributed by atoms with Gasteiger partial charge in [0.2, 0.25) is 0 Å². The number of nitrogens with zero attached hydrogens (tertiary/aromatic N) is 2. The minimum absolute atomic E-state index is 0.00940. The van der Waals surface area contributed by atoms with E-state index in [1.165, 1.54) is 31.3 Å². The van der Waals surface area contributed by atoms with Crippen LogP contribution in [0, 0.1) is 17.1 Å². The molecule has 2 heterocycles. The molecule has 0 radical (unpaired) electrons. The maximum atomic E-state index is 13.6. The second-order valence-electron chi connectivity index (χ2n) is 5.33. The van der Waals surface area contributed by atoms with E-state index < -0.39 is 29.0 Å². The van der Waals surface area contributed by atoms with Crippen LogP contribution in [-0.4, -0.2) is 24.2 Å². The van der Waals surface area contributed by atoms with E-state index in [9.17, 15) is 18.8 Å². The lowest BCUT2D eigenvalue weighted by atomic mass is 10.2. The van der Waals surface area contributed by atoms with Gasteiger partial charge in [-0.15, -0.1) is 11.3 Å². The van der Waals surface area contributed by atoms with Crippen LogP contribution < -0.4 is 15.8 Å². The van der Waals surface area contributed by atoms with Crippen molar-refractivity contribution in [2.45, 2.75) is 0 Å². The Labute approximate surface area is 154 Å². The first kappa shape index (κ1) is 18.1. The molecule has 27 heavy (non-hydrogen) atoms. The van der Waals surface area contributed by atoms with Crippen molar-refractivity contribution in [1.29, 1.82) is 5.26 Å². The summed E-state index contributed by atoms with van der Waals surface area (Å²) in [5, 5.41) is 20.8. The largest absolute Gasteiger partial charge is 0.477 e. The zero-order chi connectivity index (χ0) is 19.7. The van der Waals surface area contributed by atoms with E-state index in [4.69, 9.17) is 14.8 Å². The Balaban J connectivity index is 1.92. The van der Waals surface area contributed by atoms with Gasteiger partial charge in [0.15, 0.2) is 5.58 Å². The molecule has 0 bridgehead atoms. The van der Waals surface area contributed by atoms with Crippen molar-refractivity contribution in [2.75, 3.05) is 17.3 Å². The molecule has 0 unspecified atom stereocenters. The molecule has 136 valence electrons. The number of nitrogens with one attached hydrogen (secondary N) is 1. The van der Waals surface area contributed by atoms with Gasteiger partial charge in [-0.2, -0.15) is 5.26 Å². The monoisotopic (exact) mass is 387 g/mol. The van der Waals surface area contributed by atoms with Crippen molar-refractivity contribution >= 4 is 44.3 Å². The first-order chi connectivity index (χ1) is 12.8. The second-order valence-corrected chi connectivity index (χ2v) is 6.39. The molecule has 1 aromatic carbocycles. The molecule has 0 aliphatic rings. The molecule has 0 saturated heterocycles. The van der Waals surface area contributed by atoms with Crippen LogP contribution in [0.2, 0.25) is 0 Å². The number of aromatic carboxylic acids is 1. The van der Waals surface area contributed by atoms with E-state index >= 15 is 0 Å². The van der Waals surface area contributed by atoms with Gasteiger partial charge in [0.1, 0.15) is 28.0 Å². The minimum atomic E-state index is -1.41. The average Bonchev–Trinajstić information content (AvgIpc) is 3.03. The Bertz CT molecular complexity index is 1180. The Kier molecular flexibility index (Phi) is 4.62. The lowest BCUT2D eigenvalue weighted by molar-refractivity contribution is 0.0692. The summed E-state index contributed by atoms with van der Waals surface area (Å²) in [4.78, 5) is 36.2. The Morgan fingerprint density at radius 3 is 2.78 bits per heavy atom. The van der Waals surface area contributed by atoms with Crippen molar-refractivity contribution in [3.8, 4) is 6.07 Å². The molecule has 3 rings (SSSR count). The number of carboxylic acids is 1. The van der Waals surface area contributed by atoms with Crippen LogP contribution in [0.3, 0.4) is 0 Å². The number of carboxylic acid groups (broad SMARTS) is 1. The zero-order valence-corrected chi connectivity index (χ0v) is 14.5. The molecule has 0 atom stereocenters. The molecule has 0 aliphatic carbocycles. The van der Waals surface area contributed by atoms with Crippen LogP contribution in [0.1, 0.15) is 15.9 Å². The Morgan fingerprint density at radius 2 is 2.11 bits per heavy atom. The number of hydrogen-bond donors (Lipinski definition) is 2. The number of urea groups is 1. The van der Waals surface area contributed by atoms with Crippen LogP contribution in [0.5, 0.6) is 0 Å². The smallest absolute Gasteiger partial charge is 0.351 e. The van der Waals surface area contributed by atoms with Crippen LogP contribution >= 0.6 is 11.3 Å². The summed E-state index contributed by atoms with van der Waals surface area (Å²) < 4.78 is 19.0. The highest BCUT2D eigenvalue weighted by atomic mass is 32.1. The van der Waals surface area contributed by atoms with Gasteiger partial charge in [-0.3, -0.25) is 4.90 Å². The summed E-state index contributed by atoms with van der Waals surface area (Å²) in [5.74, 6) is -2.18. The first-order valence-corrected chi connectivity index (χ1v) is 8.17. The predicted octanol–water partition coefficient (Wildman–Crippen LogP) is 3.23. The number of halogens is 1. The van der Waals surface area contributed by atoms with Crippen LogP contribution in [-0.2, 0) is 0 Å². The standard InChI is InChI=1S/C17H10FN3O5S/c1-21(17(25)20-11-4-2-3-10(18)9(11)7-19)14-6-12-13(27-14)5-8(15(22)23)16(24)26-12/h2-6H,1H3,(H,20,25)(H,22,23). The summed E-state index contributed by atoms with van der Waals surface area (Å²) in [5.41, 5.74) is -1.66. The number of amides is 2. The quantitative estimate of drug-likeness (QED) is 0.711. The predicted molar refractivity (Wildman–Crippen MR) is 95.9 cm³/mol. The van der Waals surface area contributed by atoms with Crippen LogP contribution in [0.25, 0.3) is 10.3 Å². The molecule has 2 aromatic heterocycles. The van der Waals surface area contributed by atoms with E-state index in [0.29, 0.717) is 9.70 Å². The normalized spacial score (nSPS) is 10.4. The highest BCUT2D eigenvalue weighted by Crippen LogP contribution is 2.32. The third-order valence-corrected chi connectivity index (χ3v) is 4.78. The van der Waals surface area contributed by atoms with Gasteiger partial charge in [-0.25, -0.2) is 18.8 Å². The fourth-order valence-electron chi connectivity index (χ4n) is 2.26. The summed E-state index contributed by atoms with van der Waals surface area (Å²) in [6.07, 6.45) is 0. The van der Waals surface area contributed by atoms with Crippen LogP contribution in [0.4, 0.5) is 19.9 Å². The van der Waals surface area contributed by atoms with Gasteiger partial charge in [-0.1, -0.05) is 6.07 Å². The van der Waals surface area contributed by atoms with Crippen molar-refractivity contribution in [1.82, 2.24) is 0 Å². The van der Waals surface area contributed by atoms with E-state index in [0.717, 1.165) is 22.3 Å². The van der Waals surface area contributed by atoms with Gasteiger partial charge >= 0.3 is 17.6 Å². The third-order valence-electron chi connectivity index (χ3n) is 3.64. The number of carbonyl (C=O) groups is 2. The summed E-state index contributed by atoms with van der Waals surface area (Å²) in [6, 6.07) is 7.44. The number of thiophene rings is 1. The molecule has 10 heteroatoms. The van der Waals surface area contributed by atoms with Crippen molar-refractivity contribution in [2.24, 2.45) is 0 Å². The maximum absolute atomic E-state index is 13.6.